The first-order valence-electron chi connectivity index (χ1n) is 8.66. The Kier molecular flexibility index (Phi) is 5.98. The molecule has 0 saturated carbocycles. The maximum Gasteiger partial charge on any atom is 0.182 e. The van der Waals surface area contributed by atoms with E-state index in [2.05, 4.69) is 0 Å². The predicted molar refractivity (Wildman–Crippen MR) is 106 cm³/mol. The molecule has 0 unspecified atom stereocenters. The molecule has 0 aliphatic heterocycles. The lowest BCUT2D eigenvalue weighted by Gasteiger charge is -2.15. The second kappa shape index (κ2) is 8.41. The Labute approximate surface area is 160 Å². The lowest BCUT2D eigenvalue weighted by molar-refractivity contribution is 0.262. The maximum absolute atomic E-state index is 12.7. The first-order valence-corrected chi connectivity index (χ1v) is 10.3. The van der Waals surface area contributed by atoms with E-state index in [-0.39, 0.29) is 5.75 Å². The normalized spacial score (nSPS) is 11.7. The summed E-state index contributed by atoms with van der Waals surface area (Å²) in [5.74, 6) is 0.575. The topological polar surface area (TPSA) is 59.8 Å². The molecule has 3 aromatic rings. The summed E-state index contributed by atoms with van der Waals surface area (Å²) in [7, 11) is 0.538. The Morgan fingerprint density at radius 1 is 1.04 bits per heavy atom. The van der Waals surface area contributed by atoms with E-state index in [1.165, 1.54) is 0 Å². The molecule has 0 aliphatic carbocycles. The fraction of sp³-hybridized carbons (Fsp3) is 0.238. The van der Waals surface area contributed by atoms with E-state index < -0.39 is 9.84 Å². The molecule has 0 saturated heterocycles. The van der Waals surface area contributed by atoms with Crippen LogP contribution in [0.3, 0.4) is 0 Å². The van der Waals surface area contributed by atoms with Gasteiger partial charge in [-0.15, -0.1) is 0 Å². The van der Waals surface area contributed by atoms with Crippen molar-refractivity contribution in [1.29, 1.82) is 0 Å². The minimum atomic E-state index is -3.41. The van der Waals surface area contributed by atoms with Crippen LogP contribution in [0, 0.1) is 0 Å². The largest absolute Gasteiger partial charge is 0.492 e. The van der Waals surface area contributed by atoms with Gasteiger partial charge in [-0.1, -0.05) is 30.3 Å². The van der Waals surface area contributed by atoms with Crippen molar-refractivity contribution < 1.29 is 17.6 Å². The highest BCUT2D eigenvalue weighted by atomic mass is 32.2. The van der Waals surface area contributed by atoms with Gasteiger partial charge in [-0.2, -0.15) is 0 Å². The van der Waals surface area contributed by atoms with Crippen LogP contribution >= 0.6 is 0 Å². The quantitative estimate of drug-likeness (QED) is 0.589. The van der Waals surface area contributed by atoms with Gasteiger partial charge in [0.15, 0.2) is 9.84 Å². The zero-order valence-electron chi connectivity index (χ0n) is 15.5. The van der Waals surface area contributed by atoms with E-state index in [0.29, 0.717) is 22.8 Å². The summed E-state index contributed by atoms with van der Waals surface area (Å²) in [5.41, 5.74) is 2.46. The van der Waals surface area contributed by atoms with Crippen molar-refractivity contribution in [2.45, 2.75) is 10.6 Å². The molecular weight excluding hydrogens is 362 g/mol. The highest BCUT2D eigenvalue weighted by Crippen LogP contribution is 2.32. The molecule has 0 aliphatic rings. The van der Waals surface area contributed by atoms with E-state index in [1.807, 2.05) is 37.2 Å². The molecule has 0 fully saturated rings. The van der Waals surface area contributed by atoms with Gasteiger partial charge >= 0.3 is 0 Å². The lowest BCUT2D eigenvalue weighted by atomic mass is 10.1. The van der Waals surface area contributed by atoms with Gasteiger partial charge in [0.25, 0.3) is 0 Å². The third-order valence-electron chi connectivity index (χ3n) is 4.13. The van der Waals surface area contributed by atoms with E-state index in [0.717, 1.165) is 17.7 Å². The number of nitrogens with zero attached hydrogens (tertiary/aromatic N) is 1. The summed E-state index contributed by atoms with van der Waals surface area (Å²) in [6, 6.07) is 15.8. The number of rotatable bonds is 8. The Morgan fingerprint density at radius 3 is 2.48 bits per heavy atom. The molecule has 0 spiro atoms. The molecule has 0 N–H and O–H groups in total. The minimum Gasteiger partial charge on any atom is -0.492 e. The molecule has 0 atom stereocenters. The molecule has 0 amide bonds. The second-order valence-corrected chi connectivity index (χ2v) is 8.56. The summed E-state index contributed by atoms with van der Waals surface area (Å²) in [6.07, 6.45) is 3.25. The molecule has 1 heterocycles. The fourth-order valence-corrected chi connectivity index (χ4v) is 4.06. The summed E-state index contributed by atoms with van der Waals surface area (Å²) in [6.45, 7) is 1.27. The number of hydrogen-bond acceptors (Lipinski definition) is 5. The molecule has 1 aromatic heterocycles. The minimum absolute atomic E-state index is 0.0767. The average molecular weight is 385 g/mol. The van der Waals surface area contributed by atoms with Crippen LogP contribution in [0.5, 0.6) is 5.75 Å². The first kappa shape index (κ1) is 19.2. The third kappa shape index (κ3) is 4.99. The summed E-state index contributed by atoms with van der Waals surface area (Å²) < 4.78 is 36.5. The van der Waals surface area contributed by atoms with Crippen LogP contribution in [0.15, 0.2) is 76.4 Å². The van der Waals surface area contributed by atoms with Crippen LogP contribution in [-0.2, 0) is 15.6 Å². The number of benzene rings is 2. The maximum atomic E-state index is 12.7. The summed E-state index contributed by atoms with van der Waals surface area (Å²) >= 11 is 0. The molecule has 0 bridgehead atoms. The molecule has 2 aromatic carbocycles. The monoisotopic (exact) mass is 385 g/mol. The van der Waals surface area contributed by atoms with Crippen molar-refractivity contribution in [1.82, 2.24) is 4.90 Å². The number of ether oxygens (including phenoxy) is 1. The van der Waals surface area contributed by atoms with Gasteiger partial charge in [0.05, 0.1) is 23.2 Å². The van der Waals surface area contributed by atoms with E-state index >= 15 is 0 Å². The summed E-state index contributed by atoms with van der Waals surface area (Å²) in [5, 5.41) is 0. The SMILES string of the molecule is CN(C)CCOc1cc(CS(=O)(=O)c2ccccc2)ccc1-c1ccoc1. The zero-order valence-corrected chi connectivity index (χ0v) is 16.3. The second-order valence-electron chi connectivity index (χ2n) is 6.57. The molecular formula is C21H23NO4S. The van der Waals surface area contributed by atoms with Crippen molar-refractivity contribution in [3.05, 3.63) is 72.7 Å². The smallest absolute Gasteiger partial charge is 0.182 e. The van der Waals surface area contributed by atoms with Crippen LogP contribution in [-0.4, -0.2) is 40.6 Å². The first-order chi connectivity index (χ1) is 13.0. The molecule has 3 rings (SSSR count). The van der Waals surface area contributed by atoms with Gasteiger partial charge in [-0.05, 0) is 43.9 Å². The molecule has 0 radical (unpaired) electrons. The Morgan fingerprint density at radius 2 is 1.81 bits per heavy atom. The van der Waals surface area contributed by atoms with Crippen molar-refractivity contribution >= 4 is 9.84 Å². The van der Waals surface area contributed by atoms with E-state index in [4.69, 9.17) is 9.15 Å². The Bertz CT molecular complexity index is 965. The standard InChI is InChI=1S/C21H23NO4S/c1-22(2)11-13-26-21-14-17(8-9-20(21)18-10-12-25-15-18)16-27(23,24)19-6-4-3-5-7-19/h3-10,12,14-15H,11,13,16H2,1-2H3. The number of likely N-dealkylation sites (N-methyl/N-ethyl adjacent to an activating group) is 1. The Hall–Kier alpha value is -2.57. The third-order valence-corrected chi connectivity index (χ3v) is 5.84. The van der Waals surface area contributed by atoms with Crippen molar-refractivity contribution in [2.75, 3.05) is 27.2 Å². The van der Waals surface area contributed by atoms with Crippen molar-refractivity contribution in [2.24, 2.45) is 0 Å². The number of furan rings is 1. The molecule has 142 valence electrons. The molecule has 6 heteroatoms. The van der Waals surface area contributed by atoms with Gasteiger partial charge < -0.3 is 14.1 Å². The predicted octanol–water partition coefficient (Wildman–Crippen LogP) is 3.86. The van der Waals surface area contributed by atoms with Gasteiger partial charge in [0, 0.05) is 17.7 Å². The van der Waals surface area contributed by atoms with E-state index in [9.17, 15) is 8.42 Å². The van der Waals surface area contributed by atoms with Crippen LogP contribution in [0.1, 0.15) is 5.56 Å². The number of hydrogen-bond donors (Lipinski definition) is 0. The lowest BCUT2D eigenvalue weighted by Crippen LogP contribution is -2.19. The Balaban J connectivity index is 1.88. The zero-order chi connectivity index (χ0) is 19.3. The highest BCUT2D eigenvalue weighted by molar-refractivity contribution is 7.90. The fourth-order valence-electron chi connectivity index (χ4n) is 2.70. The molecule has 5 nitrogen and oxygen atoms in total. The van der Waals surface area contributed by atoms with Crippen molar-refractivity contribution in [3.8, 4) is 16.9 Å². The number of sulfone groups is 1. The van der Waals surface area contributed by atoms with Gasteiger partial charge in [0.2, 0.25) is 0 Å². The van der Waals surface area contributed by atoms with Gasteiger partial charge in [0.1, 0.15) is 12.4 Å². The van der Waals surface area contributed by atoms with Crippen LogP contribution < -0.4 is 4.74 Å². The summed E-state index contributed by atoms with van der Waals surface area (Å²) in [4.78, 5) is 2.35. The van der Waals surface area contributed by atoms with Crippen LogP contribution in [0.2, 0.25) is 0 Å². The average Bonchev–Trinajstić information content (AvgIpc) is 3.16. The van der Waals surface area contributed by atoms with Crippen molar-refractivity contribution in [3.63, 3.8) is 0 Å². The van der Waals surface area contributed by atoms with Crippen LogP contribution in [0.4, 0.5) is 0 Å². The van der Waals surface area contributed by atoms with Crippen LogP contribution in [0.25, 0.3) is 11.1 Å². The van der Waals surface area contributed by atoms with E-state index in [1.54, 1.807) is 48.9 Å². The van der Waals surface area contributed by atoms with Gasteiger partial charge in [-0.25, -0.2) is 8.42 Å². The van der Waals surface area contributed by atoms with Gasteiger partial charge in [-0.3, -0.25) is 0 Å². The highest BCUT2D eigenvalue weighted by Gasteiger charge is 2.17. The molecule has 27 heavy (non-hydrogen) atoms.